The normalized spacial score (nSPS) is 10.7. The molecule has 0 amide bonds. The minimum atomic E-state index is -0.414. The minimum Gasteiger partial charge on any atom is -0.494 e. The van der Waals surface area contributed by atoms with Crippen molar-refractivity contribution in [3.63, 3.8) is 0 Å². The van der Waals surface area contributed by atoms with E-state index in [0.29, 0.717) is 12.4 Å². The monoisotopic (exact) mass is 272 g/mol. The first kappa shape index (κ1) is 13.8. The first-order valence-corrected chi connectivity index (χ1v) is 6.35. The molecule has 0 aliphatic carbocycles. The molecule has 0 saturated heterocycles. The number of benzene rings is 1. The predicted octanol–water partition coefficient (Wildman–Crippen LogP) is 2.00. The van der Waals surface area contributed by atoms with Gasteiger partial charge < -0.3 is 4.74 Å². The number of H-pyrrole nitrogens is 1. The van der Waals surface area contributed by atoms with Crippen LogP contribution in [0, 0.1) is 0 Å². The van der Waals surface area contributed by atoms with E-state index in [1.807, 2.05) is 24.3 Å². The summed E-state index contributed by atoms with van der Waals surface area (Å²) in [6, 6.07) is 9.23. The maximum atomic E-state index is 11.0. The number of ether oxygens (including phenoxy) is 1. The Hall–Kier alpha value is -2.63. The number of rotatable bonds is 6. The maximum absolute atomic E-state index is 11.0. The molecule has 2 N–H and O–H groups in total. The Morgan fingerprint density at radius 2 is 2.15 bits per heavy atom. The topological polar surface area (TPSA) is 79.4 Å². The SMILES string of the molecule is CCCOc1ccc(/C=N\Nc2ccnc(=O)[nH]2)cc1. The summed E-state index contributed by atoms with van der Waals surface area (Å²) in [5.74, 6) is 1.33. The second kappa shape index (κ2) is 7.08. The fourth-order valence-electron chi connectivity index (χ4n) is 1.48. The number of aromatic nitrogens is 2. The summed E-state index contributed by atoms with van der Waals surface area (Å²) in [6.07, 6.45) is 4.05. The zero-order valence-corrected chi connectivity index (χ0v) is 11.2. The predicted molar refractivity (Wildman–Crippen MR) is 78.3 cm³/mol. The van der Waals surface area contributed by atoms with Gasteiger partial charge in [-0.3, -0.25) is 10.4 Å². The summed E-state index contributed by atoms with van der Waals surface area (Å²) in [6.45, 7) is 2.78. The Morgan fingerprint density at radius 1 is 1.35 bits per heavy atom. The molecular weight excluding hydrogens is 256 g/mol. The van der Waals surface area contributed by atoms with Gasteiger partial charge in [0.15, 0.2) is 0 Å². The first-order valence-electron chi connectivity index (χ1n) is 6.35. The number of hydrogen-bond donors (Lipinski definition) is 2. The Kier molecular flexibility index (Phi) is 4.88. The van der Waals surface area contributed by atoms with Crippen LogP contribution in [0.4, 0.5) is 5.82 Å². The van der Waals surface area contributed by atoms with Crippen LogP contribution in [0.15, 0.2) is 46.4 Å². The lowest BCUT2D eigenvalue weighted by atomic mass is 10.2. The van der Waals surface area contributed by atoms with Gasteiger partial charge in [0.05, 0.1) is 12.8 Å². The van der Waals surface area contributed by atoms with Crippen molar-refractivity contribution in [2.75, 3.05) is 12.0 Å². The molecule has 0 fully saturated rings. The number of hydrogen-bond acceptors (Lipinski definition) is 5. The lowest BCUT2D eigenvalue weighted by molar-refractivity contribution is 0.317. The van der Waals surface area contributed by atoms with Crippen molar-refractivity contribution < 1.29 is 4.74 Å². The molecule has 6 nitrogen and oxygen atoms in total. The standard InChI is InChI=1S/C14H16N4O2/c1-2-9-20-12-5-3-11(4-6-12)10-16-18-13-7-8-15-14(19)17-13/h3-8,10H,2,9H2,1H3,(H2,15,17,18,19)/b16-10-. The van der Waals surface area contributed by atoms with Crippen LogP contribution in [-0.4, -0.2) is 22.8 Å². The molecule has 0 unspecified atom stereocenters. The van der Waals surface area contributed by atoms with Gasteiger partial charge >= 0.3 is 5.69 Å². The van der Waals surface area contributed by atoms with Gasteiger partial charge in [-0.2, -0.15) is 5.10 Å². The number of anilines is 1. The van der Waals surface area contributed by atoms with Crippen LogP contribution in [0.3, 0.4) is 0 Å². The molecule has 6 heteroatoms. The number of nitrogens with one attached hydrogen (secondary N) is 2. The summed E-state index contributed by atoms with van der Waals surface area (Å²) >= 11 is 0. The van der Waals surface area contributed by atoms with Gasteiger partial charge in [-0.1, -0.05) is 6.92 Å². The third-order valence-corrected chi connectivity index (χ3v) is 2.43. The van der Waals surface area contributed by atoms with Crippen LogP contribution in [0.1, 0.15) is 18.9 Å². The zero-order chi connectivity index (χ0) is 14.2. The summed E-state index contributed by atoms with van der Waals surface area (Å²) in [4.78, 5) is 17.0. The van der Waals surface area contributed by atoms with E-state index in [9.17, 15) is 4.79 Å². The second-order valence-electron chi connectivity index (χ2n) is 4.08. The number of aromatic amines is 1. The fraction of sp³-hybridized carbons (Fsp3) is 0.214. The van der Waals surface area contributed by atoms with Crippen molar-refractivity contribution in [1.29, 1.82) is 0 Å². The molecule has 20 heavy (non-hydrogen) atoms. The van der Waals surface area contributed by atoms with Gasteiger partial charge in [0.2, 0.25) is 0 Å². The van der Waals surface area contributed by atoms with E-state index in [-0.39, 0.29) is 0 Å². The molecule has 1 aromatic heterocycles. The van der Waals surface area contributed by atoms with Gasteiger partial charge in [-0.25, -0.2) is 9.78 Å². The minimum absolute atomic E-state index is 0.414. The van der Waals surface area contributed by atoms with E-state index >= 15 is 0 Å². The van der Waals surface area contributed by atoms with Gasteiger partial charge in [-0.15, -0.1) is 0 Å². The Labute approximate surface area is 116 Å². The summed E-state index contributed by atoms with van der Waals surface area (Å²) in [5.41, 5.74) is 3.24. The zero-order valence-electron chi connectivity index (χ0n) is 11.2. The van der Waals surface area contributed by atoms with Crippen molar-refractivity contribution >= 4 is 12.0 Å². The van der Waals surface area contributed by atoms with Gasteiger partial charge in [0.25, 0.3) is 0 Å². The van der Waals surface area contributed by atoms with Crippen LogP contribution in [-0.2, 0) is 0 Å². The third kappa shape index (κ3) is 4.24. The second-order valence-corrected chi connectivity index (χ2v) is 4.08. The average molecular weight is 272 g/mol. The summed E-state index contributed by atoms with van der Waals surface area (Å²) < 4.78 is 5.49. The smallest absolute Gasteiger partial charge is 0.346 e. The van der Waals surface area contributed by atoms with E-state index in [4.69, 9.17) is 4.74 Å². The Balaban J connectivity index is 1.92. The van der Waals surface area contributed by atoms with Crippen LogP contribution in [0.25, 0.3) is 0 Å². The molecule has 0 radical (unpaired) electrons. The van der Waals surface area contributed by atoms with Gasteiger partial charge in [0, 0.05) is 6.20 Å². The van der Waals surface area contributed by atoms with Gasteiger partial charge in [0.1, 0.15) is 11.6 Å². The summed E-state index contributed by atoms with van der Waals surface area (Å²) in [7, 11) is 0. The lowest BCUT2D eigenvalue weighted by Crippen LogP contribution is -2.10. The molecule has 0 bridgehead atoms. The molecule has 104 valence electrons. The van der Waals surface area contributed by atoms with Gasteiger partial charge in [-0.05, 0) is 42.3 Å². The fourth-order valence-corrected chi connectivity index (χ4v) is 1.48. The Bertz CT molecular complexity index is 620. The number of hydrazone groups is 1. The van der Waals surface area contributed by atoms with E-state index in [0.717, 1.165) is 17.7 Å². The largest absolute Gasteiger partial charge is 0.494 e. The third-order valence-electron chi connectivity index (χ3n) is 2.43. The van der Waals surface area contributed by atoms with E-state index in [2.05, 4.69) is 27.4 Å². The number of nitrogens with zero attached hydrogens (tertiary/aromatic N) is 2. The van der Waals surface area contributed by atoms with Crippen molar-refractivity contribution in [1.82, 2.24) is 9.97 Å². The molecule has 0 spiro atoms. The molecule has 1 heterocycles. The van der Waals surface area contributed by atoms with E-state index in [1.165, 1.54) is 6.20 Å². The molecule has 1 aromatic carbocycles. The van der Waals surface area contributed by atoms with Crippen LogP contribution >= 0.6 is 0 Å². The van der Waals surface area contributed by atoms with Crippen molar-refractivity contribution in [2.45, 2.75) is 13.3 Å². The Morgan fingerprint density at radius 3 is 2.85 bits per heavy atom. The molecule has 2 aromatic rings. The molecule has 2 rings (SSSR count). The van der Waals surface area contributed by atoms with Crippen molar-refractivity contribution in [3.8, 4) is 5.75 Å². The van der Waals surface area contributed by atoms with E-state index < -0.39 is 5.69 Å². The van der Waals surface area contributed by atoms with Crippen LogP contribution in [0.5, 0.6) is 5.75 Å². The highest BCUT2D eigenvalue weighted by Gasteiger charge is 1.93. The maximum Gasteiger partial charge on any atom is 0.346 e. The highest BCUT2D eigenvalue weighted by Crippen LogP contribution is 2.11. The highest BCUT2D eigenvalue weighted by molar-refractivity contribution is 5.80. The van der Waals surface area contributed by atoms with E-state index in [1.54, 1.807) is 12.3 Å². The molecule has 0 aliphatic heterocycles. The quantitative estimate of drug-likeness (QED) is 0.622. The molecule has 0 saturated carbocycles. The van der Waals surface area contributed by atoms with Crippen LogP contribution < -0.4 is 15.9 Å². The lowest BCUT2D eigenvalue weighted by Gasteiger charge is -2.04. The summed E-state index contributed by atoms with van der Waals surface area (Å²) in [5, 5.41) is 4.03. The average Bonchev–Trinajstić information content (AvgIpc) is 2.46. The van der Waals surface area contributed by atoms with Crippen molar-refractivity contribution in [3.05, 3.63) is 52.6 Å². The first-order chi connectivity index (χ1) is 9.78. The highest BCUT2D eigenvalue weighted by atomic mass is 16.5. The molecular formula is C14H16N4O2. The van der Waals surface area contributed by atoms with Crippen molar-refractivity contribution in [2.24, 2.45) is 5.10 Å². The van der Waals surface area contributed by atoms with Crippen LogP contribution in [0.2, 0.25) is 0 Å². The molecule has 0 aliphatic rings. The molecule has 0 atom stereocenters.